The van der Waals surface area contributed by atoms with Crippen LogP contribution < -0.4 is 4.74 Å². The van der Waals surface area contributed by atoms with E-state index in [0.717, 1.165) is 4.47 Å². The van der Waals surface area contributed by atoms with Gasteiger partial charge in [-0.25, -0.2) is 0 Å². The molecule has 1 heterocycles. The Labute approximate surface area is 143 Å². The van der Waals surface area contributed by atoms with Gasteiger partial charge in [0.25, 0.3) is 5.91 Å². The number of ether oxygens (including phenoxy) is 2. The van der Waals surface area contributed by atoms with Crippen LogP contribution in [0, 0.1) is 5.41 Å². The van der Waals surface area contributed by atoms with Crippen LogP contribution in [0.1, 0.15) is 23.2 Å². The van der Waals surface area contributed by atoms with Crippen molar-refractivity contribution in [2.75, 3.05) is 33.9 Å². The number of amides is 1. The van der Waals surface area contributed by atoms with Crippen LogP contribution in [0.15, 0.2) is 22.7 Å². The highest BCUT2D eigenvalue weighted by atomic mass is 79.9. The summed E-state index contributed by atoms with van der Waals surface area (Å²) >= 11 is 3.34. The highest BCUT2D eigenvalue weighted by Crippen LogP contribution is 2.33. The second-order valence-corrected chi connectivity index (χ2v) is 6.61. The van der Waals surface area contributed by atoms with Crippen molar-refractivity contribution in [1.82, 2.24) is 4.90 Å². The summed E-state index contributed by atoms with van der Waals surface area (Å²) in [7, 11) is 2.98. The molecule has 2 rings (SSSR count). The van der Waals surface area contributed by atoms with Crippen molar-refractivity contribution >= 4 is 27.8 Å². The lowest BCUT2D eigenvalue weighted by atomic mass is 9.80. The molecule has 7 heteroatoms. The van der Waals surface area contributed by atoms with E-state index in [2.05, 4.69) is 15.9 Å². The summed E-state index contributed by atoms with van der Waals surface area (Å²) in [5.74, 6) is -0.696. The van der Waals surface area contributed by atoms with E-state index in [9.17, 15) is 14.7 Å². The number of carbonyl (C=O) groups excluding carboxylic acids is 1. The van der Waals surface area contributed by atoms with Gasteiger partial charge in [0.2, 0.25) is 0 Å². The van der Waals surface area contributed by atoms with Crippen molar-refractivity contribution in [1.29, 1.82) is 0 Å². The van der Waals surface area contributed by atoms with Gasteiger partial charge < -0.3 is 19.5 Å². The lowest BCUT2D eigenvalue weighted by molar-refractivity contribution is -0.155. The number of carboxylic acids is 1. The quantitative estimate of drug-likeness (QED) is 0.841. The Bertz CT molecular complexity index is 602. The zero-order valence-corrected chi connectivity index (χ0v) is 14.8. The molecule has 126 valence electrons. The fourth-order valence-corrected chi connectivity index (χ4v) is 3.29. The van der Waals surface area contributed by atoms with Gasteiger partial charge >= 0.3 is 5.97 Å². The predicted molar refractivity (Wildman–Crippen MR) is 87.8 cm³/mol. The number of aliphatic carboxylic acids is 1. The van der Waals surface area contributed by atoms with Gasteiger partial charge in [0.05, 0.1) is 19.3 Å². The highest BCUT2D eigenvalue weighted by Gasteiger charge is 2.44. The van der Waals surface area contributed by atoms with Crippen LogP contribution in [0.2, 0.25) is 0 Å². The Morgan fingerprint density at radius 2 is 2.13 bits per heavy atom. The third-order valence-corrected chi connectivity index (χ3v) is 4.63. The molecule has 1 atom stereocenters. The monoisotopic (exact) mass is 385 g/mol. The molecule has 6 nitrogen and oxygen atoms in total. The van der Waals surface area contributed by atoms with Crippen molar-refractivity contribution in [3.8, 4) is 5.75 Å². The number of piperidine rings is 1. The molecule has 0 bridgehead atoms. The third kappa shape index (κ3) is 3.67. The van der Waals surface area contributed by atoms with Crippen molar-refractivity contribution in [3.63, 3.8) is 0 Å². The second kappa shape index (κ2) is 7.31. The molecule has 1 aliphatic heterocycles. The minimum absolute atomic E-state index is 0.0869. The predicted octanol–water partition coefficient (Wildman–Crippen LogP) is 2.41. The van der Waals surface area contributed by atoms with E-state index in [-0.39, 0.29) is 19.1 Å². The molecule has 0 aromatic heterocycles. The average Bonchev–Trinajstić information content (AvgIpc) is 2.54. The Kier molecular flexibility index (Phi) is 5.64. The smallest absolute Gasteiger partial charge is 0.313 e. The van der Waals surface area contributed by atoms with Crippen LogP contribution in [0.25, 0.3) is 0 Å². The number of likely N-dealkylation sites (tertiary alicyclic amines) is 1. The number of hydrogen-bond donors (Lipinski definition) is 1. The van der Waals surface area contributed by atoms with Crippen molar-refractivity contribution in [3.05, 3.63) is 28.2 Å². The molecule has 0 saturated carbocycles. The molecular weight excluding hydrogens is 366 g/mol. The van der Waals surface area contributed by atoms with E-state index in [1.165, 1.54) is 14.2 Å². The zero-order chi connectivity index (χ0) is 17.0. The van der Waals surface area contributed by atoms with Crippen LogP contribution >= 0.6 is 15.9 Å². The summed E-state index contributed by atoms with van der Waals surface area (Å²) in [5.41, 5.74) is -0.625. The maximum absolute atomic E-state index is 12.8. The first kappa shape index (κ1) is 17.7. The Hall–Kier alpha value is -1.60. The topological polar surface area (TPSA) is 76.1 Å². The number of carbonyl (C=O) groups is 2. The minimum Gasteiger partial charge on any atom is -0.496 e. The maximum Gasteiger partial charge on any atom is 0.313 e. The van der Waals surface area contributed by atoms with Gasteiger partial charge in [0, 0.05) is 24.7 Å². The normalized spacial score (nSPS) is 21.1. The number of halogens is 1. The molecule has 1 unspecified atom stereocenters. The molecule has 1 aromatic rings. The molecule has 1 fully saturated rings. The van der Waals surface area contributed by atoms with Crippen LogP contribution in [0.3, 0.4) is 0 Å². The molecule has 1 aliphatic rings. The van der Waals surface area contributed by atoms with Crippen molar-refractivity contribution in [2.24, 2.45) is 5.41 Å². The first-order valence-corrected chi connectivity index (χ1v) is 8.08. The van der Waals surface area contributed by atoms with Crippen LogP contribution in [-0.4, -0.2) is 55.8 Å². The number of benzene rings is 1. The molecular formula is C16H20BrNO5. The van der Waals surface area contributed by atoms with Crippen LogP contribution in [0.5, 0.6) is 5.75 Å². The average molecular weight is 386 g/mol. The van der Waals surface area contributed by atoms with Gasteiger partial charge in [-0.2, -0.15) is 0 Å². The first-order valence-electron chi connectivity index (χ1n) is 7.28. The molecule has 0 radical (unpaired) electrons. The van der Waals surface area contributed by atoms with E-state index in [1.54, 1.807) is 23.1 Å². The summed E-state index contributed by atoms with van der Waals surface area (Å²) in [6, 6.07) is 5.16. The Morgan fingerprint density at radius 1 is 1.39 bits per heavy atom. The van der Waals surface area contributed by atoms with E-state index < -0.39 is 11.4 Å². The van der Waals surface area contributed by atoms with E-state index >= 15 is 0 Å². The molecule has 1 aromatic carbocycles. The van der Waals surface area contributed by atoms with Crippen molar-refractivity contribution < 1.29 is 24.2 Å². The van der Waals surface area contributed by atoms with Gasteiger partial charge in [-0.3, -0.25) is 9.59 Å². The Balaban J connectivity index is 2.27. The van der Waals surface area contributed by atoms with Crippen molar-refractivity contribution in [2.45, 2.75) is 12.8 Å². The summed E-state index contributed by atoms with van der Waals surface area (Å²) in [6.07, 6.45) is 1.12. The zero-order valence-electron chi connectivity index (χ0n) is 13.2. The van der Waals surface area contributed by atoms with E-state index in [4.69, 9.17) is 9.47 Å². The largest absolute Gasteiger partial charge is 0.496 e. The number of carboxylic acid groups (broad SMARTS) is 1. The fourth-order valence-electron chi connectivity index (χ4n) is 2.95. The maximum atomic E-state index is 12.8. The molecule has 1 amide bonds. The minimum atomic E-state index is -1.05. The summed E-state index contributed by atoms with van der Waals surface area (Å²) < 4.78 is 11.2. The van der Waals surface area contributed by atoms with Gasteiger partial charge in [0.1, 0.15) is 11.2 Å². The molecule has 23 heavy (non-hydrogen) atoms. The molecule has 0 aliphatic carbocycles. The number of methoxy groups -OCH3 is 2. The lowest BCUT2D eigenvalue weighted by Gasteiger charge is -2.39. The van der Waals surface area contributed by atoms with E-state index in [1.807, 2.05) is 0 Å². The second-order valence-electron chi connectivity index (χ2n) is 5.69. The highest BCUT2D eigenvalue weighted by molar-refractivity contribution is 9.10. The van der Waals surface area contributed by atoms with E-state index in [0.29, 0.717) is 30.7 Å². The molecule has 1 saturated heterocycles. The third-order valence-electron chi connectivity index (χ3n) is 4.13. The number of nitrogens with zero attached hydrogens (tertiary/aromatic N) is 1. The van der Waals surface area contributed by atoms with Gasteiger partial charge in [-0.1, -0.05) is 15.9 Å². The summed E-state index contributed by atoms with van der Waals surface area (Å²) in [6.45, 7) is 0.745. The summed E-state index contributed by atoms with van der Waals surface area (Å²) in [5, 5.41) is 9.58. The van der Waals surface area contributed by atoms with Gasteiger partial charge in [0.15, 0.2) is 0 Å². The van der Waals surface area contributed by atoms with Crippen LogP contribution in [-0.2, 0) is 9.53 Å². The SMILES string of the molecule is COCC1(C(=O)O)CCCN(C(=O)c2ccc(Br)cc2OC)C1. The number of hydrogen-bond acceptors (Lipinski definition) is 4. The standard InChI is InChI=1S/C16H20BrNO5/c1-22-10-16(15(20)21)6-3-7-18(9-16)14(19)12-5-4-11(17)8-13(12)23-2/h4-5,8H,3,6-7,9-10H2,1-2H3,(H,20,21). The van der Waals surface area contributed by atoms with Gasteiger partial charge in [-0.05, 0) is 31.0 Å². The molecule has 0 spiro atoms. The number of rotatable bonds is 5. The first-order chi connectivity index (χ1) is 10.9. The van der Waals surface area contributed by atoms with Crippen LogP contribution in [0.4, 0.5) is 0 Å². The summed E-state index contributed by atoms with van der Waals surface area (Å²) in [4.78, 5) is 26.1. The lowest BCUT2D eigenvalue weighted by Crippen LogP contribution is -2.52. The molecule has 1 N–H and O–H groups in total. The fraction of sp³-hybridized carbons (Fsp3) is 0.500. The van der Waals surface area contributed by atoms with Gasteiger partial charge in [-0.15, -0.1) is 0 Å². The Morgan fingerprint density at radius 3 is 2.74 bits per heavy atom.